The standard InChI is InChI=1S/C18H15ClN2O/c19-17-4-1-5-18(11-17)22-10-2-3-16(13-21)15-8-6-14(12-20)7-9-15/h1,4-9,11,16H,2-3,10H2. The molecule has 22 heavy (non-hydrogen) atoms. The summed E-state index contributed by atoms with van der Waals surface area (Å²) in [5.74, 6) is 0.551. The van der Waals surface area contributed by atoms with Gasteiger partial charge in [0.05, 0.1) is 30.2 Å². The van der Waals surface area contributed by atoms with Gasteiger partial charge in [-0.15, -0.1) is 0 Å². The Morgan fingerprint density at radius 1 is 1.09 bits per heavy atom. The normalized spacial score (nSPS) is 11.2. The summed E-state index contributed by atoms with van der Waals surface area (Å²) in [7, 11) is 0. The van der Waals surface area contributed by atoms with Crippen LogP contribution in [0.3, 0.4) is 0 Å². The molecule has 0 aliphatic rings. The zero-order valence-electron chi connectivity index (χ0n) is 12.0. The van der Waals surface area contributed by atoms with Gasteiger partial charge in [0.1, 0.15) is 5.75 Å². The third-order valence-electron chi connectivity index (χ3n) is 3.30. The Labute approximate surface area is 135 Å². The van der Waals surface area contributed by atoms with Crippen molar-refractivity contribution < 1.29 is 4.74 Å². The molecule has 0 amide bonds. The Hall–Kier alpha value is -2.49. The molecule has 4 heteroatoms. The number of hydrogen-bond acceptors (Lipinski definition) is 3. The topological polar surface area (TPSA) is 56.8 Å². The molecular formula is C18H15ClN2O. The first-order valence-corrected chi connectivity index (χ1v) is 7.39. The number of hydrogen-bond donors (Lipinski definition) is 0. The fourth-order valence-corrected chi connectivity index (χ4v) is 2.31. The van der Waals surface area contributed by atoms with Gasteiger partial charge in [-0.25, -0.2) is 0 Å². The molecule has 0 radical (unpaired) electrons. The van der Waals surface area contributed by atoms with Crippen LogP contribution in [0.25, 0.3) is 0 Å². The SMILES string of the molecule is N#Cc1ccc(C(C#N)CCCOc2cccc(Cl)c2)cc1. The molecule has 0 aliphatic heterocycles. The van der Waals surface area contributed by atoms with Crippen molar-refractivity contribution in [3.63, 3.8) is 0 Å². The molecule has 0 saturated carbocycles. The Morgan fingerprint density at radius 2 is 1.86 bits per heavy atom. The summed E-state index contributed by atoms with van der Waals surface area (Å²) in [6.45, 7) is 0.537. The highest BCUT2D eigenvalue weighted by atomic mass is 35.5. The molecule has 0 heterocycles. The molecule has 110 valence electrons. The molecule has 0 N–H and O–H groups in total. The summed E-state index contributed by atoms with van der Waals surface area (Å²) >= 11 is 5.89. The third-order valence-corrected chi connectivity index (χ3v) is 3.54. The van der Waals surface area contributed by atoms with Gasteiger partial charge in [0.25, 0.3) is 0 Å². The Balaban J connectivity index is 1.84. The summed E-state index contributed by atoms with van der Waals surface area (Å²) in [5.41, 5.74) is 1.54. The second kappa shape index (κ2) is 8.08. The summed E-state index contributed by atoms with van der Waals surface area (Å²) in [4.78, 5) is 0. The molecule has 0 bridgehead atoms. The quantitative estimate of drug-likeness (QED) is 0.728. The fraction of sp³-hybridized carbons (Fsp3) is 0.222. The van der Waals surface area contributed by atoms with E-state index in [9.17, 15) is 5.26 Å². The number of rotatable bonds is 6. The van der Waals surface area contributed by atoms with Crippen molar-refractivity contribution in [3.05, 3.63) is 64.7 Å². The van der Waals surface area contributed by atoms with Gasteiger partial charge >= 0.3 is 0 Å². The van der Waals surface area contributed by atoms with Gasteiger partial charge < -0.3 is 4.74 Å². The van der Waals surface area contributed by atoms with Crippen LogP contribution >= 0.6 is 11.6 Å². The molecule has 3 nitrogen and oxygen atoms in total. The molecule has 2 aromatic rings. The van der Waals surface area contributed by atoms with Gasteiger partial charge in [0.15, 0.2) is 0 Å². The molecule has 0 saturated heterocycles. The molecule has 2 aromatic carbocycles. The van der Waals surface area contributed by atoms with E-state index in [0.717, 1.165) is 17.7 Å². The van der Waals surface area contributed by atoms with Crippen LogP contribution in [-0.2, 0) is 0 Å². The maximum atomic E-state index is 9.29. The van der Waals surface area contributed by atoms with Crippen LogP contribution in [-0.4, -0.2) is 6.61 Å². The van der Waals surface area contributed by atoms with Crippen molar-refractivity contribution >= 4 is 11.6 Å². The van der Waals surface area contributed by atoms with Crippen molar-refractivity contribution in [2.24, 2.45) is 0 Å². The largest absolute Gasteiger partial charge is 0.494 e. The van der Waals surface area contributed by atoms with Gasteiger partial charge in [-0.2, -0.15) is 10.5 Å². The van der Waals surface area contributed by atoms with Gasteiger partial charge in [0, 0.05) is 5.02 Å². The van der Waals surface area contributed by atoms with E-state index >= 15 is 0 Å². The van der Waals surface area contributed by atoms with Crippen molar-refractivity contribution in [1.82, 2.24) is 0 Å². The second-order valence-corrected chi connectivity index (χ2v) is 5.30. The highest BCUT2D eigenvalue weighted by Crippen LogP contribution is 2.22. The highest BCUT2D eigenvalue weighted by molar-refractivity contribution is 6.30. The summed E-state index contributed by atoms with van der Waals surface area (Å²) in [5, 5.41) is 18.7. The van der Waals surface area contributed by atoms with Crippen LogP contribution in [0.1, 0.15) is 29.9 Å². The first-order valence-electron chi connectivity index (χ1n) is 7.01. The first-order chi connectivity index (χ1) is 10.7. The maximum absolute atomic E-state index is 9.29. The number of halogens is 1. The van der Waals surface area contributed by atoms with E-state index in [1.165, 1.54) is 0 Å². The van der Waals surface area contributed by atoms with E-state index in [1.807, 2.05) is 24.3 Å². The van der Waals surface area contributed by atoms with Crippen LogP contribution in [0.15, 0.2) is 48.5 Å². The van der Waals surface area contributed by atoms with Gasteiger partial charge in [-0.05, 0) is 48.7 Å². The van der Waals surface area contributed by atoms with E-state index in [0.29, 0.717) is 23.6 Å². The minimum absolute atomic E-state index is 0.185. The Kier molecular flexibility index (Phi) is 5.83. The van der Waals surface area contributed by atoms with E-state index in [-0.39, 0.29) is 5.92 Å². The predicted octanol–water partition coefficient (Wildman–Crippen LogP) is 4.68. The number of nitrogens with zero attached hydrogens (tertiary/aromatic N) is 2. The first kappa shape index (κ1) is 15.9. The lowest BCUT2D eigenvalue weighted by atomic mass is 9.95. The number of nitriles is 2. The summed E-state index contributed by atoms with van der Waals surface area (Å²) < 4.78 is 5.62. The molecule has 0 aromatic heterocycles. The van der Waals surface area contributed by atoms with Crippen LogP contribution in [0.2, 0.25) is 5.02 Å². The lowest BCUT2D eigenvalue weighted by Crippen LogP contribution is -2.02. The number of ether oxygens (including phenoxy) is 1. The van der Waals surface area contributed by atoms with Crippen LogP contribution in [0.5, 0.6) is 5.75 Å². The third kappa shape index (κ3) is 4.52. The van der Waals surface area contributed by atoms with E-state index in [4.69, 9.17) is 21.6 Å². The average Bonchev–Trinajstić information content (AvgIpc) is 2.55. The van der Waals surface area contributed by atoms with Crippen molar-refractivity contribution in [1.29, 1.82) is 10.5 Å². The Morgan fingerprint density at radius 3 is 2.50 bits per heavy atom. The summed E-state index contributed by atoms with van der Waals surface area (Å²) in [6.07, 6.45) is 1.48. The maximum Gasteiger partial charge on any atom is 0.120 e. The van der Waals surface area contributed by atoms with Crippen molar-refractivity contribution in [3.8, 4) is 17.9 Å². The monoisotopic (exact) mass is 310 g/mol. The zero-order chi connectivity index (χ0) is 15.8. The lowest BCUT2D eigenvalue weighted by molar-refractivity contribution is 0.305. The van der Waals surface area contributed by atoms with Crippen LogP contribution < -0.4 is 4.74 Å². The van der Waals surface area contributed by atoms with E-state index in [2.05, 4.69) is 12.1 Å². The fourth-order valence-electron chi connectivity index (χ4n) is 2.13. The molecule has 2 rings (SSSR count). The van der Waals surface area contributed by atoms with Crippen LogP contribution in [0, 0.1) is 22.7 Å². The summed E-state index contributed by atoms with van der Waals surface area (Å²) in [6, 6.07) is 18.8. The average molecular weight is 311 g/mol. The Bertz CT molecular complexity index is 698. The second-order valence-electron chi connectivity index (χ2n) is 4.86. The minimum Gasteiger partial charge on any atom is -0.494 e. The van der Waals surface area contributed by atoms with Crippen molar-refractivity contribution in [2.75, 3.05) is 6.61 Å². The van der Waals surface area contributed by atoms with E-state index < -0.39 is 0 Å². The van der Waals surface area contributed by atoms with Gasteiger partial charge in [-0.3, -0.25) is 0 Å². The van der Waals surface area contributed by atoms with Crippen LogP contribution in [0.4, 0.5) is 0 Å². The number of benzene rings is 2. The van der Waals surface area contributed by atoms with Crippen molar-refractivity contribution in [2.45, 2.75) is 18.8 Å². The predicted molar refractivity (Wildman–Crippen MR) is 85.7 cm³/mol. The van der Waals surface area contributed by atoms with E-state index in [1.54, 1.807) is 24.3 Å². The van der Waals surface area contributed by atoms with Gasteiger partial charge in [0.2, 0.25) is 0 Å². The smallest absolute Gasteiger partial charge is 0.120 e. The lowest BCUT2D eigenvalue weighted by Gasteiger charge is -2.10. The molecule has 0 fully saturated rings. The molecule has 1 unspecified atom stereocenters. The molecule has 0 spiro atoms. The molecular weight excluding hydrogens is 296 g/mol. The highest BCUT2D eigenvalue weighted by Gasteiger charge is 2.10. The van der Waals surface area contributed by atoms with Gasteiger partial charge in [-0.1, -0.05) is 29.8 Å². The minimum atomic E-state index is -0.185. The molecule has 1 atom stereocenters. The molecule has 0 aliphatic carbocycles. The zero-order valence-corrected chi connectivity index (χ0v) is 12.8.